The second-order valence-corrected chi connectivity index (χ2v) is 4.47. The molecule has 96 valence electrons. The van der Waals surface area contributed by atoms with Crippen molar-refractivity contribution in [2.45, 2.75) is 26.3 Å². The van der Waals surface area contributed by atoms with Gasteiger partial charge in [-0.05, 0) is 0 Å². The van der Waals surface area contributed by atoms with Crippen LogP contribution in [0.2, 0.25) is 5.02 Å². The molecule has 18 heavy (non-hydrogen) atoms. The zero-order valence-electron chi connectivity index (χ0n) is 9.81. The molecular formula is C10H11ClN4O3. The number of rotatable bonds is 3. The van der Waals surface area contributed by atoms with E-state index in [9.17, 15) is 9.59 Å². The number of nitrogens with zero attached hydrogens (tertiary/aromatic N) is 3. The molecule has 0 spiro atoms. The zero-order chi connectivity index (χ0) is 13.3. The van der Waals surface area contributed by atoms with Gasteiger partial charge in [0.2, 0.25) is 5.89 Å². The molecule has 1 N–H and O–H groups in total. The standard InChI is InChI=1S/C10H11ClN4O3/c1-5(2)9-12-7(14-18-9)4-15-3-6(11)8(16)13-10(15)17/h3,5H,4H2,1-2H3,(H,13,16,17). The Kier molecular flexibility index (Phi) is 3.33. The van der Waals surface area contributed by atoms with Gasteiger partial charge in [0.1, 0.15) is 5.02 Å². The van der Waals surface area contributed by atoms with Crippen LogP contribution in [0.25, 0.3) is 0 Å². The predicted molar refractivity (Wildman–Crippen MR) is 63.8 cm³/mol. The summed E-state index contributed by atoms with van der Waals surface area (Å²) in [6.07, 6.45) is 1.24. The van der Waals surface area contributed by atoms with Gasteiger partial charge in [-0.15, -0.1) is 0 Å². The fourth-order valence-corrected chi connectivity index (χ4v) is 1.48. The van der Waals surface area contributed by atoms with Crippen LogP contribution in [0.3, 0.4) is 0 Å². The normalized spacial score (nSPS) is 11.1. The van der Waals surface area contributed by atoms with Crippen LogP contribution in [-0.4, -0.2) is 19.7 Å². The van der Waals surface area contributed by atoms with E-state index in [1.807, 2.05) is 13.8 Å². The summed E-state index contributed by atoms with van der Waals surface area (Å²) in [5.74, 6) is 0.958. The Bertz CT molecular complexity index is 670. The van der Waals surface area contributed by atoms with E-state index in [1.54, 1.807) is 0 Å². The molecule has 2 rings (SSSR count). The lowest BCUT2D eigenvalue weighted by Gasteiger charge is -2.00. The summed E-state index contributed by atoms with van der Waals surface area (Å²) in [7, 11) is 0. The highest BCUT2D eigenvalue weighted by Gasteiger charge is 2.11. The quantitative estimate of drug-likeness (QED) is 0.888. The molecule has 0 radical (unpaired) electrons. The molecule has 0 saturated carbocycles. The monoisotopic (exact) mass is 270 g/mol. The highest BCUT2D eigenvalue weighted by Crippen LogP contribution is 2.11. The van der Waals surface area contributed by atoms with Crippen molar-refractivity contribution >= 4 is 11.6 Å². The van der Waals surface area contributed by atoms with E-state index in [-0.39, 0.29) is 17.5 Å². The Hall–Kier alpha value is -1.89. The maximum atomic E-state index is 11.5. The molecule has 0 fully saturated rings. The summed E-state index contributed by atoms with van der Waals surface area (Å²) >= 11 is 5.64. The Balaban J connectivity index is 2.31. The van der Waals surface area contributed by atoms with E-state index in [2.05, 4.69) is 15.1 Å². The number of hydrogen-bond acceptors (Lipinski definition) is 5. The summed E-state index contributed by atoms with van der Waals surface area (Å²) in [5, 5.41) is 3.68. The second kappa shape index (κ2) is 4.77. The van der Waals surface area contributed by atoms with Crippen LogP contribution < -0.4 is 11.2 Å². The minimum Gasteiger partial charge on any atom is -0.339 e. The molecule has 2 heterocycles. The SMILES string of the molecule is CC(C)c1nc(Cn2cc(Cl)c(=O)[nH]c2=O)no1. The first-order chi connectivity index (χ1) is 8.47. The molecule has 2 aromatic heterocycles. The molecule has 0 bridgehead atoms. The molecule has 0 aliphatic heterocycles. The summed E-state index contributed by atoms with van der Waals surface area (Å²) in [4.78, 5) is 28.8. The summed E-state index contributed by atoms with van der Waals surface area (Å²) < 4.78 is 6.22. The third-order valence-electron chi connectivity index (χ3n) is 2.26. The van der Waals surface area contributed by atoms with Crippen molar-refractivity contribution < 1.29 is 4.52 Å². The van der Waals surface area contributed by atoms with Crippen molar-refractivity contribution in [2.24, 2.45) is 0 Å². The lowest BCUT2D eigenvalue weighted by Crippen LogP contribution is -2.30. The van der Waals surface area contributed by atoms with E-state index in [0.717, 1.165) is 0 Å². The number of aromatic amines is 1. The first kappa shape index (κ1) is 12.6. The van der Waals surface area contributed by atoms with Gasteiger partial charge in [0.25, 0.3) is 5.56 Å². The second-order valence-electron chi connectivity index (χ2n) is 4.07. The van der Waals surface area contributed by atoms with Gasteiger partial charge in [0, 0.05) is 12.1 Å². The fourth-order valence-electron chi connectivity index (χ4n) is 1.32. The Morgan fingerprint density at radius 2 is 2.22 bits per heavy atom. The van der Waals surface area contributed by atoms with Crippen molar-refractivity contribution in [1.29, 1.82) is 0 Å². The van der Waals surface area contributed by atoms with E-state index in [1.165, 1.54) is 10.8 Å². The van der Waals surface area contributed by atoms with Crippen molar-refractivity contribution in [2.75, 3.05) is 0 Å². The third kappa shape index (κ3) is 2.51. The number of hydrogen-bond donors (Lipinski definition) is 1. The average Bonchev–Trinajstić information content (AvgIpc) is 2.74. The number of H-pyrrole nitrogens is 1. The van der Waals surface area contributed by atoms with Crippen LogP contribution in [0.4, 0.5) is 0 Å². The van der Waals surface area contributed by atoms with Crippen LogP contribution >= 0.6 is 11.6 Å². The van der Waals surface area contributed by atoms with Crippen LogP contribution in [-0.2, 0) is 6.54 Å². The molecule has 0 aliphatic rings. The molecular weight excluding hydrogens is 260 g/mol. The zero-order valence-corrected chi connectivity index (χ0v) is 10.6. The van der Waals surface area contributed by atoms with Crippen molar-refractivity contribution in [3.05, 3.63) is 43.8 Å². The molecule has 2 aromatic rings. The lowest BCUT2D eigenvalue weighted by atomic mass is 10.2. The number of halogens is 1. The largest absolute Gasteiger partial charge is 0.339 e. The summed E-state index contributed by atoms with van der Waals surface area (Å²) in [5.41, 5.74) is -1.19. The first-order valence-corrected chi connectivity index (χ1v) is 5.67. The van der Waals surface area contributed by atoms with Crippen molar-refractivity contribution in [3.8, 4) is 0 Å². The van der Waals surface area contributed by atoms with Gasteiger partial charge in [-0.25, -0.2) is 4.79 Å². The van der Waals surface area contributed by atoms with E-state index >= 15 is 0 Å². The van der Waals surface area contributed by atoms with Gasteiger partial charge >= 0.3 is 5.69 Å². The van der Waals surface area contributed by atoms with Crippen LogP contribution in [0.15, 0.2) is 20.3 Å². The third-order valence-corrected chi connectivity index (χ3v) is 2.53. The van der Waals surface area contributed by atoms with Gasteiger partial charge in [-0.2, -0.15) is 4.98 Å². The highest BCUT2D eigenvalue weighted by molar-refractivity contribution is 6.30. The molecule has 0 atom stereocenters. The van der Waals surface area contributed by atoms with E-state index in [4.69, 9.17) is 16.1 Å². The van der Waals surface area contributed by atoms with Gasteiger partial charge in [-0.3, -0.25) is 14.3 Å². The minimum atomic E-state index is -0.617. The smallest absolute Gasteiger partial charge is 0.328 e. The van der Waals surface area contributed by atoms with Crippen molar-refractivity contribution in [3.63, 3.8) is 0 Å². The topological polar surface area (TPSA) is 93.8 Å². The summed E-state index contributed by atoms with van der Waals surface area (Å²) in [6.45, 7) is 3.92. The Labute approximate surface area is 106 Å². The molecule has 0 unspecified atom stereocenters. The number of nitrogens with one attached hydrogen (secondary N) is 1. The van der Waals surface area contributed by atoms with Crippen LogP contribution in [0.1, 0.15) is 31.5 Å². The maximum Gasteiger partial charge on any atom is 0.328 e. The number of aromatic nitrogens is 4. The highest BCUT2D eigenvalue weighted by atomic mass is 35.5. The van der Waals surface area contributed by atoms with E-state index in [0.29, 0.717) is 11.7 Å². The maximum absolute atomic E-state index is 11.5. The average molecular weight is 271 g/mol. The molecule has 7 nitrogen and oxygen atoms in total. The predicted octanol–water partition coefficient (Wildman–Crippen LogP) is 0.745. The van der Waals surface area contributed by atoms with Gasteiger partial charge in [0.05, 0.1) is 6.54 Å². The molecule has 0 aromatic carbocycles. The molecule has 0 amide bonds. The fraction of sp³-hybridized carbons (Fsp3) is 0.400. The molecule has 8 heteroatoms. The van der Waals surface area contributed by atoms with Gasteiger partial charge in [-0.1, -0.05) is 30.6 Å². The van der Waals surface area contributed by atoms with Crippen molar-refractivity contribution in [1.82, 2.24) is 19.7 Å². The van der Waals surface area contributed by atoms with Crippen LogP contribution in [0, 0.1) is 0 Å². The molecule has 0 saturated heterocycles. The van der Waals surface area contributed by atoms with Gasteiger partial charge in [0.15, 0.2) is 5.82 Å². The lowest BCUT2D eigenvalue weighted by molar-refractivity contribution is 0.359. The minimum absolute atomic E-state index is 0.0674. The van der Waals surface area contributed by atoms with Crippen LogP contribution in [0.5, 0.6) is 0 Å². The van der Waals surface area contributed by atoms with Gasteiger partial charge < -0.3 is 4.52 Å². The Morgan fingerprint density at radius 3 is 2.83 bits per heavy atom. The first-order valence-electron chi connectivity index (χ1n) is 5.29. The Morgan fingerprint density at radius 1 is 1.50 bits per heavy atom. The van der Waals surface area contributed by atoms with E-state index < -0.39 is 11.2 Å². The summed E-state index contributed by atoms with van der Waals surface area (Å²) in [6, 6.07) is 0. The molecule has 0 aliphatic carbocycles.